The maximum atomic E-state index is 11.5. The summed E-state index contributed by atoms with van der Waals surface area (Å²) in [5, 5.41) is 20.9. The summed E-state index contributed by atoms with van der Waals surface area (Å²) in [6.45, 7) is 0.684. The lowest BCUT2D eigenvalue weighted by Crippen LogP contribution is -2.47. The second-order valence-corrected chi connectivity index (χ2v) is 4.59. The zero-order valence-corrected chi connectivity index (χ0v) is 10.4. The van der Waals surface area contributed by atoms with E-state index in [0.29, 0.717) is 13.0 Å². The maximum Gasteiger partial charge on any atom is 0.234 e. The van der Waals surface area contributed by atoms with Crippen LogP contribution in [-0.4, -0.2) is 48.2 Å². The molecule has 0 aromatic carbocycles. The molecule has 0 aromatic heterocycles. The first kappa shape index (κ1) is 13.9. The number of nitrogens with zero attached hydrogens (tertiary/aromatic N) is 2. The SMILES string of the molecule is CN(CC(=O)NCCC#N)C1CCCCC1O. The van der Waals surface area contributed by atoms with Crippen molar-refractivity contribution < 1.29 is 9.90 Å². The van der Waals surface area contributed by atoms with Crippen molar-refractivity contribution >= 4 is 5.91 Å². The molecule has 0 saturated heterocycles. The van der Waals surface area contributed by atoms with Gasteiger partial charge < -0.3 is 10.4 Å². The Morgan fingerprint density at radius 1 is 1.53 bits per heavy atom. The number of carbonyl (C=O) groups excluding carboxylic acids is 1. The standard InChI is InChI=1S/C12H21N3O2/c1-15(9-12(17)14-8-4-7-13)10-5-2-3-6-11(10)16/h10-11,16H,2-6,8-9H2,1H3,(H,14,17). The number of nitriles is 1. The molecule has 0 aromatic rings. The summed E-state index contributed by atoms with van der Waals surface area (Å²) in [5.41, 5.74) is 0. The van der Waals surface area contributed by atoms with Gasteiger partial charge in [-0.1, -0.05) is 12.8 Å². The zero-order chi connectivity index (χ0) is 12.7. The molecule has 1 aliphatic carbocycles. The second kappa shape index (κ2) is 7.25. The monoisotopic (exact) mass is 239 g/mol. The van der Waals surface area contributed by atoms with Crippen molar-refractivity contribution in [2.24, 2.45) is 0 Å². The fourth-order valence-corrected chi connectivity index (χ4v) is 2.26. The minimum atomic E-state index is -0.319. The number of rotatable bonds is 5. The van der Waals surface area contributed by atoms with Crippen LogP contribution in [0.3, 0.4) is 0 Å². The van der Waals surface area contributed by atoms with Crippen LogP contribution in [0.2, 0.25) is 0 Å². The summed E-state index contributed by atoms with van der Waals surface area (Å²) >= 11 is 0. The van der Waals surface area contributed by atoms with E-state index in [-0.39, 0.29) is 24.6 Å². The maximum absolute atomic E-state index is 11.5. The van der Waals surface area contributed by atoms with Gasteiger partial charge in [0.2, 0.25) is 5.91 Å². The smallest absolute Gasteiger partial charge is 0.234 e. The van der Waals surface area contributed by atoms with Gasteiger partial charge >= 0.3 is 0 Å². The number of amides is 1. The highest BCUT2D eigenvalue weighted by atomic mass is 16.3. The molecule has 0 bridgehead atoms. The van der Waals surface area contributed by atoms with E-state index in [1.807, 2.05) is 18.0 Å². The lowest BCUT2D eigenvalue weighted by molar-refractivity contribution is -0.123. The van der Waals surface area contributed by atoms with E-state index in [0.717, 1.165) is 25.7 Å². The molecule has 0 radical (unpaired) electrons. The normalized spacial score (nSPS) is 24.4. The molecule has 0 spiro atoms. The first-order chi connectivity index (χ1) is 8.15. The molecule has 1 rings (SSSR count). The predicted molar refractivity (Wildman–Crippen MR) is 64.1 cm³/mol. The molecule has 1 amide bonds. The van der Waals surface area contributed by atoms with Crippen LogP contribution < -0.4 is 5.32 Å². The van der Waals surface area contributed by atoms with Crippen LogP contribution in [0.1, 0.15) is 32.1 Å². The van der Waals surface area contributed by atoms with Crippen LogP contribution in [0.15, 0.2) is 0 Å². The van der Waals surface area contributed by atoms with Crippen molar-refractivity contribution in [1.29, 1.82) is 5.26 Å². The number of nitrogens with one attached hydrogen (secondary N) is 1. The third kappa shape index (κ3) is 4.72. The van der Waals surface area contributed by atoms with Gasteiger partial charge in [0.05, 0.1) is 25.1 Å². The summed E-state index contributed by atoms with van der Waals surface area (Å²) in [7, 11) is 1.86. The van der Waals surface area contributed by atoms with Crippen LogP contribution in [-0.2, 0) is 4.79 Å². The predicted octanol–water partition coefficient (Wildman–Crippen LogP) is 0.252. The van der Waals surface area contributed by atoms with E-state index in [4.69, 9.17) is 5.26 Å². The number of carbonyl (C=O) groups is 1. The summed E-state index contributed by atoms with van der Waals surface area (Å²) in [5.74, 6) is -0.0828. The molecule has 5 heteroatoms. The van der Waals surface area contributed by atoms with Crippen molar-refractivity contribution in [3.05, 3.63) is 0 Å². The first-order valence-corrected chi connectivity index (χ1v) is 6.17. The summed E-state index contributed by atoms with van der Waals surface area (Å²) in [6, 6.07) is 2.07. The van der Waals surface area contributed by atoms with Crippen LogP contribution in [0, 0.1) is 11.3 Å². The Hall–Kier alpha value is -1.12. The van der Waals surface area contributed by atoms with Crippen molar-refractivity contribution in [2.45, 2.75) is 44.2 Å². The average molecular weight is 239 g/mol. The van der Waals surface area contributed by atoms with E-state index >= 15 is 0 Å². The number of hydrogen-bond donors (Lipinski definition) is 2. The topological polar surface area (TPSA) is 76.4 Å². The van der Waals surface area contributed by atoms with E-state index < -0.39 is 0 Å². The Morgan fingerprint density at radius 3 is 2.88 bits per heavy atom. The number of aliphatic hydroxyl groups is 1. The van der Waals surface area contributed by atoms with Gasteiger partial charge in [-0.3, -0.25) is 9.69 Å². The number of likely N-dealkylation sites (N-methyl/N-ethyl adjacent to an activating group) is 1. The largest absolute Gasteiger partial charge is 0.391 e. The minimum absolute atomic E-state index is 0.0828. The Balaban J connectivity index is 2.29. The highest BCUT2D eigenvalue weighted by molar-refractivity contribution is 5.78. The van der Waals surface area contributed by atoms with Crippen molar-refractivity contribution in [3.63, 3.8) is 0 Å². The average Bonchev–Trinajstić information content (AvgIpc) is 2.29. The van der Waals surface area contributed by atoms with Gasteiger partial charge in [0.15, 0.2) is 0 Å². The van der Waals surface area contributed by atoms with Crippen molar-refractivity contribution in [2.75, 3.05) is 20.1 Å². The van der Waals surface area contributed by atoms with Gasteiger partial charge in [0.25, 0.3) is 0 Å². The summed E-state index contributed by atoms with van der Waals surface area (Å²) < 4.78 is 0. The van der Waals surface area contributed by atoms with Crippen molar-refractivity contribution in [3.8, 4) is 6.07 Å². The van der Waals surface area contributed by atoms with Crippen molar-refractivity contribution in [1.82, 2.24) is 10.2 Å². The van der Waals surface area contributed by atoms with E-state index in [1.165, 1.54) is 0 Å². The Kier molecular flexibility index (Phi) is 5.95. The molecule has 5 nitrogen and oxygen atoms in total. The fraction of sp³-hybridized carbons (Fsp3) is 0.833. The van der Waals surface area contributed by atoms with Gasteiger partial charge in [0.1, 0.15) is 0 Å². The lowest BCUT2D eigenvalue weighted by atomic mass is 9.91. The van der Waals surface area contributed by atoms with Crippen LogP contribution in [0.4, 0.5) is 0 Å². The molecule has 17 heavy (non-hydrogen) atoms. The first-order valence-electron chi connectivity index (χ1n) is 6.17. The summed E-state index contributed by atoms with van der Waals surface area (Å²) in [4.78, 5) is 13.4. The molecule has 96 valence electrons. The molecule has 0 aliphatic heterocycles. The van der Waals surface area contributed by atoms with Gasteiger partial charge in [-0.05, 0) is 19.9 Å². The molecule has 1 saturated carbocycles. The molecule has 2 N–H and O–H groups in total. The van der Waals surface area contributed by atoms with E-state index in [9.17, 15) is 9.90 Å². The van der Waals surface area contributed by atoms with E-state index in [1.54, 1.807) is 0 Å². The molecule has 0 heterocycles. The highest BCUT2D eigenvalue weighted by Crippen LogP contribution is 2.21. The van der Waals surface area contributed by atoms with Gasteiger partial charge in [-0.2, -0.15) is 5.26 Å². The number of hydrogen-bond acceptors (Lipinski definition) is 4. The third-order valence-electron chi connectivity index (χ3n) is 3.21. The quantitative estimate of drug-likeness (QED) is 0.674. The fourth-order valence-electron chi connectivity index (χ4n) is 2.26. The van der Waals surface area contributed by atoms with E-state index in [2.05, 4.69) is 5.32 Å². The third-order valence-corrected chi connectivity index (χ3v) is 3.21. The molecule has 2 atom stereocenters. The second-order valence-electron chi connectivity index (χ2n) is 4.59. The van der Waals surface area contributed by atoms with Crippen LogP contribution in [0.25, 0.3) is 0 Å². The zero-order valence-electron chi connectivity index (χ0n) is 10.4. The van der Waals surface area contributed by atoms with Gasteiger partial charge in [-0.25, -0.2) is 0 Å². The Bertz CT molecular complexity index is 288. The molecule has 1 aliphatic rings. The van der Waals surface area contributed by atoms with Crippen LogP contribution >= 0.6 is 0 Å². The lowest BCUT2D eigenvalue weighted by Gasteiger charge is -2.34. The Labute approximate surface area is 102 Å². The Morgan fingerprint density at radius 2 is 2.24 bits per heavy atom. The summed E-state index contributed by atoms with van der Waals surface area (Å²) in [6.07, 6.45) is 3.97. The van der Waals surface area contributed by atoms with Crippen LogP contribution in [0.5, 0.6) is 0 Å². The van der Waals surface area contributed by atoms with Gasteiger partial charge in [0, 0.05) is 12.6 Å². The number of aliphatic hydroxyl groups excluding tert-OH is 1. The highest BCUT2D eigenvalue weighted by Gasteiger charge is 2.27. The molecular weight excluding hydrogens is 218 g/mol. The molecular formula is C12H21N3O2. The van der Waals surface area contributed by atoms with Gasteiger partial charge in [-0.15, -0.1) is 0 Å². The molecule has 2 unspecified atom stereocenters. The molecule has 1 fully saturated rings. The minimum Gasteiger partial charge on any atom is -0.391 e.